The van der Waals surface area contributed by atoms with Crippen LogP contribution in [0.2, 0.25) is 5.02 Å². The first kappa shape index (κ1) is 9.00. The molecule has 0 radical (unpaired) electrons. The largest absolute Gasteiger partial charge is 0.293 e. The van der Waals surface area contributed by atoms with Gasteiger partial charge in [0.05, 0.1) is 4.43 Å². The van der Waals surface area contributed by atoms with E-state index >= 15 is 0 Å². The molecule has 0 atom stereocenters. The zero-order valence-electron chi connectivity index (χ0n) is 5.68. The number of alkyl halides is 1. The second kappa shape index (κ2) is 4.07. The molecular weight excluding hydrogens is 274 g/mol. The summed E-state index contributed by atoms with van der Waals surface area (Å²) in [6.07, 6.45) is 0. The normalized spacial score (nSPS) is 9.64. The van der Waals surface area contributed by atoms with Crippen LogP contribution in [-0.4, -0.2) is 10.2 Å². The van der Waals surface area contributed by atoms with Crippen LogP contribution in [0.3, 0.4) is 0 Å². The first-order valence-electron chi connectivity index (χ1n) is 3.09. The topological polar surface area (TPSA) is 17.1 Å². The summed E-state index contributed by atoms with van der Waals surface area (Å²) in [5.41, 5.74) is 0.687. The van der Waals surface area contributed by atoms with Gasteiger partial charge in [0, 0.05) is 10.6 Å². The number of Topliss-reactive ketones (excluding diaryl/α,β-unsaturated/α-hetero) is 1. The smallest absolute Gasteiger partial charge is 0.172 e. The van der Waals surface area contributed by atoms with E-state index in [0.29, 0.717) is 15.0 Å². The molecular formula is C8H6ClIO. The second-order valence-corrected chi connectivity index (χ2v) is 3.27. The molecule has 1 rings (SSSR count). The Morgan fingerprint density at radius 1 is 1.55 bits per heavy atom. The van der Waals surface area contributed by atoms with Crippen LogP contribution < -0.4 is 0 Å². The van der Waals surface area contributed by atoms with Gasteiger partial charge in [0.2, 0.25) is 0 Å². The highest BCUT2D eigenvalue weighted by molar-refractivity contribution is 14.1. The van der Waals surface area contributed by atoms with Crippen molar-refractivity contribution in [2.24, 2.45) is 0 Å². The van der Waals surface area contributed by atoms with Gasteiger partial charge in [-0.05, 0) is 12.1 Å². The summed E-state index contributed by atoms with van der Waals surface area (Å²) in [5, 5.41) is 0.612. The first-order valence-corrected chi connectivity index (χ1v) is 4.99. The minimum Gasteiger partial charge on any atom is -0.293 e. The van der Waals surface area contributed by atoms with E-state index in [2.05, 4.69) is 0 Å². The van der Waals surface area contributed by atoms with Crippen molar-refractivity contribution in [3.8, 4) is 0 Å². The van der Waals surface area contributed by atoms with Gasteiger partial charge in [-0.25, -0.2) is 0 Å². The molecule has 1 nitrogen and oxygen atoms in total. The quantitative estimate of drug-likeness (QED) is 0.462. The van der Waals surface area contributed by atoms with Gasteiger partial charge in [-0.1, -0.05) is 46.3 Å². The van der Waals surface area contributed by atoms with Crippen molar-refractivity contribution in [1.29, 1.82) is 0 Å². The molecule has 0 aromatic heterocycles. The van der Waals surface area contributed by atoms with E-state index in [9.17, 15) is 4.79 Å². The van der Waals surface area contributed by atoms with Gasteiger partial charge in [-0.15, -0.1) is 0 Å². The summed E-state index contributed by atoms with van der Waals surface area (Å²) in [6, 6.07) is 6.99. The Hall–Kier alpha value is -0.0900. The highest BCUT2D eigenvalue weighted by Crippen LogP contribution is 2.11. The minimum atomic E-state index is 0.119. The highest BCUT2D eigenvalue weighted by Gasteiger charge is 2.02. The molecule has 1 aromatic carbocycles. The standard InChI is InChI=1S/C8H6ClIO/c9-7-3-1-2-6(4-7)8(11)5-10/h1-4H,5H2. The lowest BCUT2D eigenvalue weighted by Crippen LogP contribution is -1.98. The number of rotatable bonds is 2. The zero-order valence-corrected chi connectivity index (χ0v) is 8.59. The number of halogens is 2. The minimum absolute atomic E-state index is 0.119. The Morgan fingerprint density at radius 3 is 2.82 bits per heavy atom. The van der Waals surface area contributed by atoms with Crippen LogP contribution in [0.5, 0.6) is 0 Å². The third kappa shape index (κ3) is 2.45. The van der Waals surface area contributed by atoms with Crippen LogP contribution in [-0.2, 0) is 0 Å². The molecule has 1 aromatic rings. The SMILES string of the molecule is O=C(CI)c1cccc(Cl)c1. The Labute approximate surface area is 83.9 Å². The van der Waals surface area contributed by atoms with Gasteiger partial charge in [-0.2, -0.15) is 0 Å². The number of ketones is 1. The molecule has 0 saturated carbocycles. The Bertz CT molecular complexity index is 273. The third-order valence-corrected chi connectivity index (χ3v) is 2.20. The van der Waals surface area contributed by atoms with Gasteiger partial charge < -0.3 is 0 Å². The van der Waals surface area contributed by atoms with E-state index in [1.54, 1.807) is 24.3 Å². The van der Waals surface area contributed by atoms with Gasteiger partial charge in [-0.3, -0.25) is 4.79 Å². The Morgan fingerprint density at radius 2 is 2.27 bits per heavy atom. The average Bonchev–Trinajstić information content (AvgIpc) is 2.03. The lowest BCUT2D eigenvalue weighted by Gasteiger charge is -1.95. The lowest BCUT2D eigenvalue weighted by atomic mass is 10.2. The molecule has 11 heavy (non-hydrogen) atoms. The summed E-state index contributed by atoms with van der Waals surface area (Å²) < 4.78 is 0.498. The lowest BCUT2D eigenvalue weighted by molar-refractivity contribution is 0.102. The van der Waals surface area contributed by atoms with Gasteiger partial charge in [0.25, 0.3) is 0 Å². The zero-order chi connectivity index (χ0) is 8.27. The van der Waals surface area contributed by atoms with Crippen LogP contribution in [0.25, 0.3) is 0 Å². The molecule has 3 heteroatoms. The fourth-order valence-electron chi connectivity index (χ4n) is 0.739. The summed E-state index contributed by atoms with van der Waals surface area (Å²) >= 11 is 7.73. The van der Waals surface area contributed by atoms with E-state index in [1.807, 2.05) is 22.6 Å². The molecule has 0 fully saturated rings. The van der Waals surface area contributed by atoms with E-state index in [0.717, 1.165) is 0 Å². The maximum absolute atomic E-state index is 11.1. The van der Waals surface area contributed by atoms with Gasteiger partial charge in [0.15, 0.2) is 5.78 Å². The summed E-state index contributed by atoms with van der Waals surface area (Å²) in [4.78, 5) is 11.1. The molecule has 0 aliphatic rings. The van der Waals surface area contributed by atoms with Crippen molar-refractivity contribution in [3.05, 3.63) is 34.9 Å². The number of hydrogen-bond acceptors (Lipinski definition) is 1. The van der Waals surface area contributed by atoms with E-state index in [4.69, 9.17) is 11.6 Å². The average molecular weight is 280 g/mol. The monoisotopic (exact) mass is 280 g/mol. The van der Waals surface area contributed by atoms with Crippen LogP contribution in [0.1, 0.15) is 10.4 Å². The fraction of sp³-hybridized carbons (Fsp3) is 0.125. The van der Waals surface area contributed by atoms with Crippen LogP contribution in [0.15, 0.2) is 24.3 Å². The molecule has 0 spiro atoms. The number of carbonyl (C=O) groups excluding carboxylic acids is 1. The summed E-state index contributed by atoms with van der Waals surface area (Å²) in [6.45, 7) is 0. The van der Waals surface area contributed by atoms with E-state index < -0.39 is 0 Å². The number of hydrogen-bond donors (Lipinski definition) is 0. The van der Waals surface area contributed by atoms with Gasteiger partial charge in [0.1, 0.15) is 0 Å². The van der Waals surface area contributed by atoms with Crippen LogP contribution in [0.4, 0.5) is 0 Å². The van der Waals surface area contributed by atoms with E-state index in [-0.39, 0.29) is 5.78 Å². The third-order valence-electron chi connectivity index (χ3n) is 1.27. The molecule has 0 aliphatic heterocycles. The Balaban J connectivity index is 2.96. The van der Waals surface area contributed by atoms with Crippen molar-refractivity contribution < 1.29 is 4.79 Å². The maximum atomic E-state index is 11.1. The molecule has 0 N–H and O–H groups in total. The van der Waals surface area contributed by atoms with Crippen molar-refractivity contribution in [3.63, 3.8) is 0 Å². The second-order valence-electron chi connectivity index (χ2n) is 2.07. The predicted molar refractivity (Wildman–Crippen MR) is 54.7 cm³/mol. The predicted octanol–water partition coefficient (Wildman–Crippen LogP) is 2.96. The van der Waals surface area contributed by atoms with Crippen molar-refractivity contribution in [1.82, 2.24) is 0 Å². The first-order chi connectivity index (χ1) is 5.24. The molecule has 0 amide bonds. The molecule has 0 unspecified atom stereocenters. The van der Waals surface area contributed by atoms with Crippen molar-refractivity contribution >= 4 is 40.0 Å². The van der Waals surface area contributed by atoms with E-state index in [1.165, 1.54) is 0 Å². The molecule has 0 saturated heterocycles. The number of benzene rings is 1. The highest BCUT2D eigenvalue weighted by atomic mass is 127. The number of carbonyl (C=O) groups is 1. The van der Waals surface area contributed by atoms with Crippen LogP contribution >= 0.6 is 34.2 Å². The molecule has 0 heterocycles. The van der Waals surface area contributed by atoms with Gasteiger partial charge >= 0.3 is 0 Å². The molecule has 0 aliphatic carbocycles. The maximum Gasteiger partial charge on any atom is 0.172 e. The van der Waals surface area contributed by atoms with Crippen molar-refractivity contribution in [2.45, 2.75) is 0 Å². The van der Waals surface area contributed by atoms with Crippen molar-refractivity contribution in [2.75, 3.05) is 4.43 Å². The Kier molecular flexibility index (Phi) is 3.33. The molecule has 58 valence electrons. The summed E-state index contributed by atoms with van der Waals surface area (Å²) in [5.74, 6) is 0.119. The molecule has 0 bridgehead atoms. The summed E-state index contributed by atoms with van der Waals surface area (Å²) in [7, 11) is 0. The van der Waals surface area contributed by atoms with Crippen LogP contribution in [0, 0.1) is 0 Å². The fourth-order valence-corrected chi connectivity index (χ4v) is 1.37.